The van der Waals surface area contributed by atoms with Gasteiger partial charge < -0.3 is 27.2 Å². The minimum atomic E-state index is -3.92. The Labute approximate surface area is 234 Å². The molecule has 11 nitrogen and oxygen atoms in total. The van der Waals surface area contributed by atoms with Gasteiger partial charge in [0.2, 0.25) is 0 Å². The van der Waals surface area contributed by atoms with Gasteiger partial charge in [0.05, 0.1) is 17.4 Å². The van der Waals surface area contributed by atoms with Gasteiger partial charge in [-0.1, -0.05) is 47.6 Å². The Balaban J connectivity index is 0.000000448. The van der Waals surface area contributed by atoms with E-state index in [9.17, 15) is 12.8 Å². The molecule has 1 spiro atoms. The molecule has 2 aliphatic rings. The van der Waals surface area contributed by atoms with E-state index in [0.29, 0.717) is 18.0 Å². The van der Waals surface area contributed by atoms with Crippen molar-refractivity contribution in [3.63, 3.8) is 0 Å². The van der Waals surface area contributed by atoms with E-state index in [2.05, 4.69) is 33.2 Å². The second kappa shape index (κ2) is 11.8. The summed E-state index contributed by atoms with van der Waals surface area (Å²) in [6, 6.07) is 10.0. The molecule has 2 aromatic heterocycles. The number of fused-ring (bicyclic) bond motifs is 1. The van der Waals surface area contributed by atoms with E-state index in [1.165, 1.54) is 17.3 Å². The Bertz CT molecular complexity index is 1460. The third-order valence-corrected chi connectivity index (χ3v) is 9.18. The van der Waals surface area contributed by atoms with Crippen LogP contribution in [0.5, 0.6) is 0 Å². The van der Waals surface area contributed by atoms with Gasteiger partial charge in [0.15, 0.2) is 11.6 Å². The first-order valence-electron chi connectivity index (χ1n) is 12.0. The molecule has 1 aliphatic heterocycles. The Kier molecular flexibility index (Phi) is 8.83. The lowest BCUT2D eigenvalue weighted by Crippen LogP contribution is -2.45. The van der Waals surface area contributed by atoms with Crippen LogP contribution in [-0.2, 0) is 16.5 Å². The molecule has 0 saturated carbocycles. The molecule has 1 aromatic carbocycles. The van der Waals surface area contributed by atoms with Gasteiger partial charge in [-0.3, -0.25) is 4.55 Å². The van der Waals surface area contributed by atoms with Crippen molar-refractivity contribution in [3.05, 3.63) is 58.6 Å². The molecule has 1 atom stereocenters. The minimum absolute atomic E-state index is 0.00169. The molecule has 210 valence electrons. The van der Waals surface area contributed by atoms with Gasteiger partial charge in [0.1, 0.15) is 10.8 Å². The predicted octanol–water partition coefficient (Wildman–Crippen LogP) is 2.69. The molecular formula is C24H29ClFN7O4S2. The maximum absolute atomic E-state index is 15.0. The van der Waals surface area contributed by atoms with Crippen molar-refractivity contribution < 1.29 is 22.5 Å². The van der Waals surface area contributed by atoms with E-state index >= 15 is 0 Å². The van der Waals surface area contributed by atoms with Crippen LogP contribution < -0.4 is 22.1 Å². The summed E-state index contributed by atoms with van der Waals surface area (Å²) in [6.45, 7) is 0.761. The van der Waals surface area contributed by atoms with Crippen LogP contribution in [0.15, 0.2) is 46.5 Å². The minimum Gasteiger partial charge on any atom is -0.395 e. The summed E-state index contributed by atoms with van der Waals surface area (Å²) in [5.41, 5.74) is 21.1. The molecule has 39 heavy (non-hydrogen) atoms. The molecule has 0 radical (unpaired) electrons. The van der Waals surface area contributed by atoms with E-state index in [4.69, 9.17) is 38.5 Å². The van der Waals surface area contributed by atoms with Crippen LogP contribution in [-0.4, -0.2) is 58.5 Å². The summed E-state index contributed by atoms with van der Waals surface area (Å²) in [6.07, 6.45) is 4.19. The number of aliphatic hydroxyl groups is 1. The predicted molar refractivity (Wildman–Crippen MR) is 149 cm³/mol. The average molecular weight is 598 g/mol. The second-order valence-corrected chi connectivity index (χ2v) is 12.3. The maximum atomic E-state index is 15.0. The monoisotopic (exact) mass is 597 g/mol. The highest BCUT2D eigenvalue weighted by Crippen LogP contribution is 2.51. The van der Waals surface area contributed by atoms with Crippen molar-refractivity contribution in [1.82, 2.24) is 15.0 Å². The van der Waals surface area contributed by atoms with Crippen molar-refractivity contribution in [3.8, 4) is 0 Å². The quantitative estimate of drug-likeness (QED) is 0.270. The van der Waals surface area contributed by atoms with Crippen molar-refractivity contribution in [2.45, 2.75) is 35.2 Å². The summed E-state index contributed by atoms with van der Waals surface area (Å²) < 4.78 is 42.1. The molecule has 5 rings (SSSR count). The zero-order valence-corrected chi connectivity index (χ0v) is 23.2. The third kappa shape index (κ3) is 6.53. The van der Waals surface area contributed by atoms with Gasteiger partial charge in [-0.25, -0.2) is 15.0 Å². The molecule has 0 amide bonds. The molecule has 8 N–H and O–H groups in total. The van der Waals surface area contributed by atoms with Crippen molar-refractivity contribution in [2.75, 3.05) is 41.8 Å². The normalized spacial score (nSPS) is 18.0. The van der Waals surface area contributed by atoms with Crippen molar-refractivity contribution in [1.29, 1.82) is 0 Å². The Morgan fingerprint density at radius 3 is 2.46 bits per heavy atom. The highest BCUT2D eigenvalue weighted by Gasteiger charge is 2.46. The number of halogens is 2. The highest BCUT2D eigenvalue weighted by molar-refractivity contribution is 7.99. The molecule has 3 heterocycles. The number of anilines is 3. The van der Waals surface area contributed by atoms with Crippen molar-refractivity contribution in [2.24, 2.45) is 11.1 Å². The molecule has 3 aromatic rings. The number of pyridine rings is 1. The average Bonchev–Trinajstić information content (AvgIpc) is 3.15. The van der Waals surface area contributed by atoms with Gasteiger partial charge in [0, 0.05) is 30.2 Å². The molecule has 0 bridgehead atoms. The number of benzene rings is 1. The zero-order valence-electron chi connectivity index (χ0n) is 20.8. The summed E-state index contributed by atoms with van der Waals surface area (Å²) >= 11 is 7.29. The summed E-state index contributed by atoms with van der Waals surface area (Å²) in [5, 5.41) is 8.38. The first-order chi connectivity index (χ1) is 18.4. The number of aliphatic hydroxyl groups excluding tert-OH is 1. The van der Waals surface area contributed by atoms with E-state index in [1.54, 1.807) is 6.07 Å². The van der Waals surface area contributed by atoms with E-state index in [0.717, 1.165) is 31.0 Å². The fourth-order valence-corrected chi connectivity index (χ4v) is 6.16. The molecular weight excluding hydrogens is 569 g/mol. The summed E-state index contributed by atoms with van der Waals surface area (Å²) in [7, 11) is -3.92. The van der Waals surface area contributed by atoms with E-state index in [-0.39, 0.29) is 39.0 Å². The lowest BCUT2D eigenvalue weighted by molar-refractivity contribution is 0.186. The Morgan fingerprint density at radius 1 is 1.15 bits per heavy atom. The van der Waals surface area contributed by atoms with Gasteiger partial charge >= 0.3 is 0 Å². The zero-order chi connectivity index (χ0) is 28.4. The molecule has 0 unspecified atom stereocenters. The number of nitrogens with two attached hydrogens (primary N) is 3. The number of hydrogen-bond acceptors (Lipinski definition) is 11. The smallest absolute Gasteiger partial charge is 0.267 e. The number of nitrogen functional groups attached to an aromatic ring is 2. The first-order valence-corrected chi connectivity index (χ1v) is 14.8. The van der Waals surface area contributed by atoms with Crippen LogP contribution in [0.2, 0.25) is 5.02 Å². The van der Waals surface area contributed by atoms with E-state index in [1.807, 2.05) is 11.0 Å². The fourth-order valence-electron chi connectivity index (χ4n) is 4.89. The SMILES string of the molecule is Nc1nc(N2CCC3(CC2)Cc2ccccc2[C@H]3N)c(F)nc1Sc1ccnc(N)c1Cl.O=S(=O)(O)CCO. The summed E-state index contributed by atoms with van der Waals surface area (Å²) in [4.78, 5) is 14.8. The Hall–Kier alpha value is -2.75. The van der Waals surface area contributed by atoms with Gasteiger partial charge in [0.25, 0.3) is 16.1 Å². The summed E-state index contributed by atoms with van der Waals surface area (Å²) in [5.74, 6) is -0.730. The molecule has 15 heteroatoms. The van der Waals surface area contributed by atoms with E-state index < -0.39 is 28.4 Å². The Morgan fingerprint density at radius 2 is 1.85 bits per heavy atom. The van der Waals surface area contributed by atoms with Crippen LogP contribution in [0.1, 0.15) is 30.0 Å². The van der Waals surface area contributed by atoms with Crippen molar-refractivity contribution >= 4 is 50.9 Å². The van der Waals surface area contributed by atoms with Crippen LogP contribution in [0, 0.1) is 11.4 Å². The standard InChI is InChI=1S/C22H23ClFN7S.C2H6O4S/c23-15-14(5-8-28-18(15)26)32-21-19(27)30-20(17(24)29-21)31-9-6-22(7-10-31)11-12-3-1-2-4-13(12)16(22)25;3-1-2-7(4,5)6/h1-5,8,16H,6-7,9-11,25H2,(H2,26,28)(H2,27,30);3H,1-2H2,(H,4,5,6)/t16-;/m1./s1. The van der Waals surface area contributed by atoms with Gasteiger partial charge in [-0.2, -0.15) is 12.8 Å². The van der Waals surface area contributed by atoms with Crippen LogP contribution in [0.3, 0.4) is 0 Å². The maximum Gasteiger partial charge on any atom is 0.267 e. The number of rotatable bonds is 5. The topological polar surface area (TPSA) is 195 Å². The van der Waals surface area contributed by atoms with Crippen LogP contribution in [0.4, 0.5) is 21.8 Å². The van der Waals surface area contributed by atoms with Gasteiger partial charge in [-0.15, -0.1) is 0 Å². The number of nitrogens with zero attached hydrogens (tertiary/aromatic N) is 4. The highest BCUT2D eigenvalue weighted by atomic mass is 35.5. The van der Waals surface area contributed by atoms with Crippen LogP contribution in [0.25, 0.3) is 0 Å². The van der Waals surface area contributed by atoms with Crippen LogP contribution >= 0.6 is 23.4 Å². The number of piperidine rings is 1. The number of hydrogen-bond donors (Lipinski definition) is 5. The first kappa shape index (κ1) is 29.2. The van der Waals surface area contributed by atoms with Gasteiger partial charge in [-0.05, 0) is 41.9 Å². The molecule has 1 saturated heterocycles. The third-order valence-electron chi connectivity index (χ3n) is 6.92. The molecule has 1 fully saturated rings. The number of aromatic nitrogens is 3. The molecule has 1 aliphatic carbocycles. The lowest BCUT2D eigenvalue weighted by atomic mass is 9.73. The fraction of sp³-hybridized carbons (Fsp3) is 0.375. The second-order valence-electron chi connectivity index (χ2n) is 9.35. The largest absolute Gasteiger partial charge is 0.395 e. The lowest BCUT2D eigenvalue weighted by Gasteiger charge is -2.42.